The molecule has 1 saturated heterocycles. The first-order valence-electron chi connectivity index (χ1n) is 6.50. The fourth-order valence-electron chi connectivity index (χ4n) is 2.39. The van der Waals surface area contributed by atoms with Gasteiger partial charge in [-0.2, -0.15) is 5.10 Å². The van der Waals surface area contributed by atoms with Gasteiger partial charge in [-0.1, -0.05) is 0 Å². The zero-order chi connectivity index (χ0) is 13.2. The second-order valence-electron chi connectivity index (χ2n) is 4.76. The summed E-state index contributed by atoms with van der Waals surface area (Å²) in [6.45, 7) is 3.92. The van der Waals surface area contributed by atoms with Crippen LogP contribution in [-0.2, 0) is 7.05 Å². The topological polar surface area (TPSA) is 33.1 Å². The molecule has 0 atom stereocenters. The van der Waals surface area contributed by atoms with E-state index in [9.17, 15) is 4.39 Å². The highest BCUT2D eigenvalue weighted by Gasteiger charge is 2.15. The average Bonchev–Trinajstić information content (AvgIpc) is 2.83. The zero-order valence-corrected chi connectivity index (χ0v) is 10.9. The molecule has 0 aliphatic carbocycles. The Labute approximate surface area is 111 Å². The van der Waals surface area contributed by atoms with Crippen LogP contribution in [0.2, 0.25) is 0 Å². The molecule has 4 nitrogen and oxygen atoms in total. The number of aromatic nitrogens is 2. The van der Waals surface area contributed by atoms with E-state index in [0.29, 0.717) is 0 Å². The standard InChI is InChI=1S/C14H17FN4/c1-18-13(11-2-4-12(15)5-3-11)10-14(17-18)19-8-6-16-7-9-19/h2-5,10,16H,6-9H2,1H3. The predicted molar refractivity (Wildman–Crippen MR) is 73.7 cm³/mol. The normalized spacial score (nSPS) is 15.8. The number of anilines is 1. The number of halogens is 1. The van der Waals surface area contributed by atoms with E-state index in [1.54, 1.807) is 12.1 Å². The van der Waals surface area contributed by atoms with Crippen molar-refractivity contribution in [2.24, 2.45) is 7.05 Å². The minimum absolute atomic E-state index is 0.215. The number of piperazine rings is 1. The van der Waals surface area contributed by atoms with Crippen molar-refractivity contribution >= 4 is 5.82 Å². The second kappa shape index (κ2) is 5.01. The molecule has 2 heterocycles. The number of rotatable bonds is 2. The Kier molecular flexibility index (Phi) is 3.21. The van der Waals surface area contributed by atoms with Gasteiger partial charge in [0.1, 0.15) is 5.82 Å². The summed E-state index contributed by atoms with van der Waals surface area (Å²) >= 11 is 0. The molecule has 0 spiro atoms. The van der Waals surface area contributed by atoms with Gasteiger partial charge in [0.15, 0.2) is 5.82 Å². The minimum Gasteiger partial charge on any atom is -0.353 e. The molecular formula is C14H17FN4. The summed E-state index contributed by atoms with van der Waals surface area (Å²) in [7, 11) is 1.92. The van der Waals surface area contributed by atoms with Crippen LogP contribution in [-0.4, -0.2) is 36.0 Å². The molecule has 1 N–H and O–H groups in total. The van der Waals surface area contributed by atoms with Crippen molar-refractivity contribution in [1.82, 2.24) is 15.1 Å². The third-order valence-electron chi connectivity index (χ3n) is 3.45. The summed E-state index contributed by atoms with van der Waals surface area (Å²) in [5, 5.41) is 7.88. The maximum Gasteiger partial charge on any atom is 0.151 e. The van der Waals surface area contributed by atoms with Gasteiger partial charge in [-0.15, -0.1) is 0 Å². The van der Waals surface area contributed by atoms with Crippen molar-refractivity contribution in [2.45, 2.75) is 0 Å². The van der Waals surface area contributed by atoms with Crippen molar-refractivity contribution in [3.05, 3.63) is 36.1 Å². The first kappa shape index (κ1) is 12.2. The van der Waals surface area contributed by atoms with Crippen LogP contribution < -0.4 is 10.2 Å². The first-order chi connectivity index (χ1) is 9.24. The minimum atomic E-state index is -0.215. The molecule has 0 bridgehead atoms. The van der Waals surface area contributed by atoms with E-state index < -0.39 is 0 Å². The summed E-state index contributed by atoms with van der Waals surface area (Å²) in [6.07, 6.45) is 0. The van der Waals surface area contributed by atoms with Crippen molar-refractivity contribution in [2.75, 3.05) is 31.1 Å². The lowest BCUT2D eigenvalue weighted by molar-refractivity contribution is 0.581. The molecule has 1 aromatic heterocycles. The number of benzene rings is 1. The quantitative estimate of drug-likeness (QED) is 0.891. The number of nitrogens with one attached hydrogen (secondary N) is 1. The fourth-order valence-corrected chi connectivity index (χ4v) is 2.39. The van der Waals surface area contributed by atoms with Crippen molar-refractivity contribution < 1.29 is 4.39 Å². The Hall–Kier alpha value is -1.88. The Morgan fingerprint density at radius 2 is 1.84 bits per heavy atom. The number of aryl methyl sites for hydroxylation is 1. The molecule has 19 heavy (non-hydrogen) atoms. The first-order valence-corrected chi connectivity index (χ1v) is 6.50. The summed E-state index contributed by atoms with van der Waals surface area (Å²) < 4.78 is 14.8. The van der Waals surface area contributed by atoms with Gasteiger partial charge in [0.05, 0.1) is 5.69 Å². The third-order valence-corrected chi connectivity index (χ3v) is 3.45. The van der Waals surface area contributed by atoms with E-state index in [1.807, 2.05) is 11.7 Å². The van der Waals surface area contributed by atoms with Gasteiger partial charge < -0.3 is 10.2 Å². The molecule has 1 aromatic carbocycles. The van der Waals surface area contributed by atoms with Gasteiger partial charge in [0.25, 0.3) is 0 Å². The molecule has 1 aliphatic rings. The molecule has 100 valence electrons. The lowest BCUT2D eigenvalue weighted by Gasteiger charge is -2.27. The lowest BCUT2D eigenvalue weighted by atomic mass is 10.1. The van der Waals surface area contributed by atoms with Gasteiger partial charge in [0.2, 0.25) is 0 Å². The molecule has 1 aliphatic heterocycles. The van der Waals surface area contributed by atoms with E-state index in [-0.39, 0.29) is 5.82 Å². The summed E-state index contributed by atoms with van der Waals surface area (Å²) in [4.78, 5) is 2.27. The highest BCUT2D eigenvalue weighted by Crippen LogP contribution is 2.24. The Bertz CT molecular complexity index is 555. The smallest absolute Gasteiger partial charge is 0.151 e. The molecular weight excluding hydrogens is 243 g/mol. The summed E-state index contributed by atoms with van der Waals surface area (Å²) in [5.41, 5.74) is 1.99. The van der Waals surface area contributed by atoms with Gasteiger partial charge in [-0.3, -0.25) is 4.68 Å². The van der Waals surface area contributed by atoms with Crippen LogP contribution >= 0.6 is 0 Å². The van der Waals surface area contributed by atoms with E-state index in [1.165, 1.54) is 12.1 Å². The van der Waals surface area contributed by atoms with Crippen LogP contribution in [0.1, 0.15) is 0 Å². The van der Waals surface area contributed by atoms with Crippen molar-refractivity contribution in [3.8, 4) is 11.3 Å². The highest BCUT2D eigenvalue weighted by atomic mass is 19.1. The van der Waals surface area contributed by atoms with Crippen LogP contribution in [0, 0.1) is 5.82 Å². The molecule has 0 amide bonds. The Balaban J connectivity index is 1.90. The maximum absolute atomic E-state index is 13.0. The summed E-state index contributed by atoms with van der Waals surface area (Å²) in [6, 6.07) is 8.60. The van der Waals surface area contributed by atoms with Gasteiger partial charge >= 0.3 is 0 Å². The molecule has 3 rings (SSSR count). The largest absolute Gasteiger partial charge is 0.353 e. The van der Waals surface area contributed by atoms with Crippen LogP contribution in [0.3, 0.4) is 0 Å². The predicted octanol–water partition coefficient (Wildman–Crippen LogP) is 1.64. The van der Waals surface area contributed by atoms with Crippen LogP contribution in [0.15, 0.2) is 30.3 Å². The molecule has 2 aromatic rings. The van der Waals surface area contributed by atoms with E-state index in [0.717, 1.165) is 43.3 Å². The van der Waals surface area contributed by atoms with Crippen LogP contribution in [0.5, 0.6) is 0 Å². The maximum atomic E-state index is 13.0. The Morgan fingerprint density at radius 3 is 2.53 bits per heavy atom. The van der Waals surface area contributed by atoms with Gasteiger partial charge in [-0.05, 0) is 24.3 Å². The molecule has 0 radical (unpaired) electrons. The molecule has 1 fully saturated rings. The lowest BCUT2D eigenvalue weighted by Crippen LogP contribution is -2.43. The Morgan fingerprint density at radius 1 is 1.16 bits per heavy atom. The molecule has 0 unspecified atom stereocenters. The van der Waals surface area contributed by atoms with Crippen LogP contribution in [0.4, 0.5) is 10.2 Å². The number of hydrogen-bond acceptors (Lipinski definition) is 3. The molecule has 5 heteroatoms. The monoisotopic (exact) mass is 260 g/mol. The van der Waals surface area contributed by atoms with Crippen LogP contribution in [0.25, 0.3) is 11.3 Å². The van der Waals surface area contributed by atoms with Crippen molar-refractivity contribution in [1.29, 1.82) is 0 Å². The number of hydrogen-bond donors (Lipinski definition) is 1. The third kappa shape index (κ3) is 2.46. The highest BCUT2D eigenvalue weighted by molar-refractivity contribution is 5.64. The average molecular weight is 260 g/mol. The van der Waals surface area contributed by atoms with E-state index in [2.05, 4.69) is 21.4 Å². The molecule has 0 saturated carbocycles. The fraction of sp³-hybridized carbons (Fsp3) is 0.357. The van der Waals surface area contributed by atoms with E-state index in [4.69, 9.17) is 0 Å². The van der Waals surface area contributed by atoms with Gasteiger partial charge in [0, 0.05) is 44.9 Å². The second-order valence-corrected chi connectivity index (χ2v) is 4.76. The summed E-state index contributed by atoms with van der Waals surface area (Å²) in [5.74, 6) is 0.775. The van der Waals surface area contributed by atoms with Gasteiger partial charge in [-0.25, -0.2) is 4.39 Å². The van der Waals surface area contributed by atoms with E-state index >= 15 is 0 Å². The zero-order valence-electron chi connectivity index (χ0n) is 10.9. The van der Waals surface area contributed by atoms with Crippen molar-refractivity contribution in [3.63, 3.8) is 0 Å². The SMILES string of the molecule is Cn1nc(N2CCNCC2)cc1-c1ccc(F)cc1. The number of nitrogens with zero attached hydrogens (tertiary/aromatic N) is 3.